The Bertz CT molecular complexity index is 700. The third kappa shape index (κ3) is 4.50. The maximum absolute atomic E-state index is 12.2. The van der Waals surface area contributed by atoms with Crippen molar-refractivity contribution < 1.29 is 9.69 Å². The van der Waals surface area contributed by atoms with Crippen molar-refractivity contribution in [2.75, 3.05) is 42.9 Å². The van der Waals surface area contributed by atoms with Gasteiger partial charge in [-0.25, -0.2) is 0 Å². The van der Waals surface area contributed by atoms with Gasteiger partial charge in [-0.05, 0) is 36.4 Å². The van der Waals surface area contributed by atoms with Gasteiger partial charge in [-0.3, -0.25) is 4.79 Å². The minimum absolute atomic E-state index is 0.0542. The summed E-state index contributed by atoms with van der Waals surface area (Å²) in [6.07, 6.45) is 0. The van der Waals surface area contributed by atoms with E-state index in [9.17, 15) is 4.79 Å². The van der Waals surface area contributed by atoms with Crippen LogP contribution >= 0.6 is 27.5 Å². The van der Waals surface area contributed by atoms with Gasteiger partial charge in [-0.2, -0.15) is 0 Å². The molecule has 0 radical (unpaired) electrons. The molecule has 0 aliphatic carbocycles. The first kappa shape index (κ1) is 17.3. The van der Waals surface area contributed by atoms with Crippen molar-refractivity contribution in [3.8, 4) is 0 Å². The average molecular weight is 410 g/mol. The predicted molar refractivity (Wildman–Crippen MR) is 102 cm³/mol. The number of benzene rings is 2. The van der Waals surface area contributed by atoms with E-state index >= 15 is 0 Å². The number of quaternary nitrogens is 1. The standard InChI is InChI=1S/C18H19BrClN3O/c19-14-5-7-15(8-6-14)21-18(24)13-22-9-11-23(12-10-22)17-4-2-1-3-16(17)20/h1-8H,9-13H2,(H,21,24)/p+1. The zero-order valence-corrected chi connectivity index (χ0v) is 15.6. The summed E-state index contributed by atoms with van der Waals surface area (Å²) >= 11 is 9.65. The van der Waals surface area contributed by atoms with Gasteiger partial charge in [-0.15, -0.1) is 0 Å². The summed E-state index contributed by atoms with van der Waals surface area (Å²) in [5.41, 5.74) is 1.91. The van der Waals surface area contributed by atoms with Gasteiger partial charge in [0.1, 0.15) is 0 Å². The molecule has 3 rings (SSSR count). The first-order chi connectivity index (χ1) is 11.6. The minimum atomic E-state index is 0.0542. The van der Waals surface area contributed by atoms with Crippen molar-refractivity contribution in [2.45, 2.75) is 0 Å². The van der Waals surface area contributed by atoms with Crippen molar-refractivity contribution in [2.24, 2.45) is 0 Å². The Morgan fingerprint density at radius 2 is 1.79 bits per heavy atom. The van der Waals surface area contributed by atoms with Crippen molar-refractivity contribution in [3.63, 3.8) is 0 Å². The normalized spacial score (nSPS) is 15.3. The van der Waals surface area contributed by atoms with Crippen LogP contribution in [0.15, 0.2) is 53.0 Å². The van der Waals surface area contributed by atoms with E-state index in [0.717, 1.165) is 47.0 Å². The molecule has 0 aromatic heterocycles. The van der Waals surface area contributed by atoms with Gasteiger partial charge in [0.25, 0.3) is 5.91 Å². The van der Waals surface area contributed by atoms with E-state index in [-0.39, 0.29) is 5.91 Å². The van der Waals surface area contributed by atoms with E-state index in [4.69, 9.17) is 11.6 Å². The molecule has 1 saturated heterocycles. The van der Waals surface area contributed by atoms with Crippen molar-refractivity contribution >= 4 is 44.8 Å². The number of carbonyl (C=O) groups is 1. The Labute approximate surface area is 155 Å². The zero-order chi connectivity index (χ0) is 16.9. The van der Waals surface area contributed by atoms with Crippen LogP contribution in [0.5, 0.6) is 0 Å². The van der Waals surface area contributed by atoms with Gasteiger partial charge >= 0.3 is 0 Å². The zero-order valence-electron chi connectivity index (χ0n) is 13.3. The molecule has 1 heterocycles. The van der Waals surface area contributed by atoms with Crippen LogP contribution in [0.3, 0.4) is 0 Å². The minimum Gasteiger partial charge on any atom is -0.359 e. The summed E-state index contributed by atoms with van der Waals surface area (Å²) in [6.45, 7) is 4.17. The molecule has 0 atom stereocenters. The van der Waals surface area contributed by atoms with Crippen LogP contribution in [0, 0.1) is 0 Å². The first-order valence-corrected chi connectivity index (χ1v) is 9.17. The predicted octanol–water partition coefficient (Wildman–Crippen LogP) is 2.45. The molecule has 0 unspecified atom stereocenters. The highest BCUT2D eigenvalue weighted by Gasteiger charge is 2.23. The molecule has 0 saturated carbocycles. The van der Waals surface area contributed by atoms with Crippen LogP contribution in [0.2, 0.25) is 5.02 Å². The number of piperazine rings is 1. The molecule has 24 heavy (non-hydrogen) atoms. The highest BCUT2D eigenvalue weighted by atomic mass is 79.9. The quantitative estimate of drug-likeness (QED) is 0.814. The second-order valence-corrected chi connectivity index (χ2v) is 7.24. The molecule has 2 aromatic rings. The summed E-state index contributed by atoms with van der Waals surface area (Å²) in [7, 11) is 0. The smallest absolute Gasteiger partial charge is 0.279 e. The first-order valence-electron chi connectivity index (χ1n) is 8.00. The molecule has 4 nitrogen and oxygen atoms in total. The molecular weight excluding hydrogens is 390 g/mol. The number of hydrogen-bond donors (Lipinski definition) is 2. The number of halogens is 2. The third-order valence-corrected chi connectivity index (χ3v) is 5.05. The van der Waals surface area contributed by atoms with Gasteiger partial charge < -0.3 is 15.1 Å². The van der Waals surface area contributed by atoms with Gasteiger partial charge in [0.2, 0.25) is 0 Å². The largest absolute Gasteiger partial charge is 0.359 e. The molecule has 6 heteroatoms. The second kappa shape index (κ2) is 8.01. The van der Waals surface area contributed by atoms with E-state index in [1.807, 2.05) is 48.5 Å². The summed E-state index contributed by atoms with van der Waals surface area (Å²) < 4.78 is 1.00. The summed E-state index contributed by atoms with van der Waals surface area (Å²) in [4.78, 5) is 15.8. The van der Waals surface area contributed by atoms with E-state index < -0.39 is 0 Å². The molecule has 0 spiro atoms. The lowest BCUT2D eigenvalue weighted by atomic mass is 10.2. The fraction of sp³-hybridized carbons (Fsp3) is 0.278. The SMILES string of the molecule is O=C(C[NH+]1CCN(c2ccccc2Cl)CC1)Nc1ccc(Br)cc1. The average Bonchev–Trinajstić information content (AvgIpc) is 2.58. The lowest BCUT2D eigenvalue weighted by Crippen LogP contribution is -3.15. The fourth-order valence-corrected chi connectivity index (χ4v) is 3.43. The molecule has 1 amide bonds. The number of carbonyl (C=O) groups excluding carboxylic acids is 1. The summed E-state index contributed by atoms with van der Waals surface area (Å²) in [6, 6.07) is 15.6. The molecule has 0 bridgehead atoms. The number of amides is 1. The third-order valence-electron chi connectivity index (χ3n) is 4.20. The van der Waals surface area contributed by atoms with Crippen LogP contribution in [-0.4, -0.2) is 38.6 Å². The number of anilines is 2. The summed E-state index contributed by atoms with van der Waals surface area (Å²) in [5.74, 6) is 0.0542. The Kier molecular flexibility index (Phi) is 5.76. The van der Waals surface area contributed by atoms with Crippen LogP contribution in [0.1, 0.15) is 0 Å². The molecule has 126 valence electrons. The monoisotopic (exact) mass is 408 g/mol. The Morgan fingerprint density at radius 1 is 1.12 bits per heavy atom. The van der Waals surface area contributed by atoms with Gasteiger partial charge in [-0.1, -0.05) is 39.7 Å². The van der Waals surface area contributed by atoms with Crippen molar-refractivity contribution in [1.82, 2.24) is 0 Å². The fourth-order valence-electron chi connectivity index (χ4n) is 2.91. The van der Waals surface area contributed by atoms with Crippen LogP contribution in [0.25, 0.3) is 0 Å². The maximum Gasteiger partial charge on any atom is 0.279 e. The molecule has 2 N–H and O–H groups in total. The number of hydrogen-bond acceptors (Lipinski definition) is 2. The van der Waals surface area contributed by atoms with Crippen LogP contribution < -0.4 is 15.1 Å². The topological polar surface area (TPSA) is 36.8 Å². The van der Waals surface area contributed by atoms with Gasteiger partial charge in [0, 0.05) is 10.2 Å². The lowest BCUT2D eigenvalue weighted by Gasteiger charge is -2.33. The molecule has 2 aromatic carbocycles. The highest BCUT2D eigenvalue weighted by molar-refractivity contribution is 9.10. The van der Waals surface area contributed by atoms with Gasteiger partial charge in [0.15, 0.2) is 6.54 Å². The highest BCUT2D eigenvalue weighted by Crippen LogP contribution is 2.24. The van der Waals surface area contributed by atoms with Crippen LogP contribution in [0.4, 0.5) is 11.4 Å². The van der Waals surface area contributed by atoms with Crippen LogP contribution in [-0.2, 0) is 4.79 Å². The molecule has 1 fully saturated rings. The second-order valence-electron chi connectivity index (χ2n) is 5.92. The molecular formula is C18H20BrClN3O+. The lowest BCUT2D eigenvalue weighted by molar-refractivity contribution is -0.892. The van der Waals surface area contributed by atoms with E-state index in [1.165, 1.54) is 4.90 Å². The number of nitrogens with one attached hydrogen (secondary N) is 2. The number of nitrogens with zero attached hydrogens (tertiary/aromatic N) is 1. The van der Waals surface area contributed by atoms with E-state index in [2.05, 4.69) is 26.1 Å². The van der Waals surface area contributed by atoms with Gasteiger partial charge in [0.05, 0.1) is 36.9 Å². The van der Waals surface area contributed by atoms with E-state index in [1.54, 1.807) is 0 Å². The Balaban J connectivity index is 1.49. The Morgan fingerprint density at radius 3 is 2.46 bits per heavy atom. The Hall–Kier alpha value is -1.56. The number of para-hydroxylation sites is 1. The maximum atomic E-state index is 12.2. The molecule has 1 aliphatic rings. The van der Waals surface area contributed by atoms with Crippen molar-refractivity contribution in [1.29, 1.82) is 0 Å². The van der Waals surface area contributed by atoms with Crippen molar-refractivity contribution in [3.05, 3.63) is 58.0 Å². The number of rotatable bonds is 4. The van der Waals surface area contributed by atoms with E-state index in [0.29, 0.717) is 6.54 Å². The summed E-state index contributed by atoms with van der Waals surface area (Å²) in [5, 5.41) is 3.74. The molecule has 1 aliphatic heterocycles.